The third-order valence-corrected chi connectivity index (χ3v) is 10.2. The van der Waals surface area contributed by atoms with Crippen molar-refractivity contribution in [2.75, 3.05) is 13.2 Å². The molecule has 0 aromatic rings. The van der Waals surface area contributed by atoms with Gasteiger partial charge in [-0.05, 0) is 70.6 Å². The Kier molecular flexibility index (Phi) is 41.9. The molecule has 0 spiro atoms. The lowest BCUT2D eigenvalue weighted by Gasteiger charge is -2.18. The molecule has 0 amide bonds. The number of esters is 3. The summed E-state index contributed by atoms with van der Waals surface area (Å²) in [7, 11) is 0. The maximum Gasteiger partial charge on any atom is 0.306 e. The van der Waals surface area contributed by atoms with Gasteiger partial charge >= 0.3 is 17.9 Å². The lowest BCUT2D eigenvalue weighted by molar-refractivity contribution is -0.167. The van der Waals surface area contributed by atoms with E-state index in [9.17, 15) is 14.4 Å². The molecule has 0 fully saturated rings. The number of hydrogen-bond acceptors (Lipinski definition) is 6. The summed E-state index contributed by atoms with van der Waals surface area (Å²) in [6.07, 6.45) is 47.3. The van der Waals surface area contributed by atoms with E-state index in [1.54, 1.807) is 0 Å². The first-order valence-corrected chi connectivity index (χ1v) is 23.3. The minimum atomic E-state index is -0.774. The molecule has 0 N–H and O–H groups in total. The minimum Gasteiger partial charge on any atom is -0.462 e. The number of rotatable bonds is 42. The summed E-state index contributed by atoms with van der Waals surface area (Å²) in [5.41, 5.74) is 0. The molecule has 316 valence electrons. The molecule has 0 aromatic carbocycles. The van der Waals surface area contributed by atoms with Crippen LogP contribution in [0.5, 0.6) is 0 Å². The fourth-order valence-electron chi connectivity index (χ4n) is 6.61. The molecule has 0 radical (unpaired) electrons. The van der Waals surface area contributed by atoms with Crippen LogP contribution in [0, 0.1) is 0 Å². The molecule has 0 saturated carbocycles. The van der Waals surface area contributed by atoms with Crippen molar-refractivity contribution in [3.05, 3.63) is 24.3 Å². The van der Waals surface area contributed by atoms with E-state index >= 15 is 0 Å². The Balaban J connectivity index is 4.39. The van der Waals surface area contributed by atoms with Crippen molar-refractivity contribution in [1.29, 1.82) is 0 Å². The summed E-state index contributed by atoms with van der Waals surface area (Å²) < 4.78 is 16.7. The molecule has 54 heavy (non-hydrogen) atoms. The van der Waals surface area contributed by atoms with Crippen LogP contribution in [0.25, 0.3) is 0 Å². The average Bonchev–Trinajstić information content (AvgIpc) is 3.17. The van der Waals surface area contributed by atoms with E-state index in [1.165, 1.54) is 122 Å². The van der Waals surface area contributed by atoms with Crippen molar-refractivity contribution in [3.8, 4) is 0 Å². The fraction of sp³-hybridized carbons (Fsp3) is 0.854. The van der Waals surface area contributed by atoms with Gasteiger partial charge in [-0.3, -0.25) is 14.4 Å². The van der Waals surface area contributed by atoms with Gasteiger partial charge in [-0.1, -0.05) is 180 Å². The number of carbonyl (C=O) groups is 3. The van der Waals surface area contributed by atoms with E-state index < -0.39 is 6.10 Å². The molecular weight excluding hydrogens is 673 g/mol. The molecule has 1 atom stereocenters. The quantitative estimate of drug-likeness (QED) is 0.0267. The third-order valence-electron chi connectivity index (χ3n) is 10.2. The van der Waals surface area contributed by atoms with Crippen molar-refractivity contribution >= 4 is 17.9 Å². The topological polar surface area (TPSA) is 78.9 Å². The van der Waals surface area contributed by atoms with Crippen LogP contribution in [0.1, 0.15) is 245 Å². The van der Waals surface area contributed by atoms with Crippen LogP contribution in [-0.4, -0.2) is 37.2 Å². The summed E-state index contributed by atoms with van der Waals surface area (Å²) in [6, 6.07) is 0. The average molecular weight is 761 g/mol. The maximum absolute atomic E-state index is 12.7. The molecule has 0 saturated heterocycles. The van der Waals surface area contributed by atoms with E-state index in [4.69, 9.17) is 14.2 Å². The lowest BCUT2D eigenvalue weighted by atomic mass is 10.1. The highest BCUT2D eigenvalue weighted by atomic mass is 16.6. The Bertz CT molecular complexity index is 880. The molecule has 0 heterocycles. The second-order valence-electron chi connectivity index (χ2n) is 15.7. The summed E-state index contributed by atoms with van der Waals surface area (Å²) in [6.45, 7) is 6.58. The highest BCUT2D eigenvalue weighted by molar-refractivity contribution is 5.71. The standard InChI is InChI=1S/C48H88O6/c1-4-7-10-13-16-19-22-24-27-29-32-35-38-41-47(50)53-44-45(43-52-46(49)40-37-34-31-28-25-21-18-15-12-9-6-3)54-48(51)42-39-36-33-30-26-23-20-17-14-11-8-5-2/h17,20,24,27,45H,4-16,18-19,21-23,25-26,28-44H2,1-3H3/b20-17-,27-24-. The number of carbonyl (C=O) groups excluding carboxylic acids is 3. The van der Waals surface area contributed by atoms with E-state index in [-0.39, 0.29) is 31.1 Å². The maximum atomic E-state index is 12.7. The Morgan fingerprint density at radius 1 is 0.352 bits per heavy atom. The predicted molar refractivity (Wildman–Crippen MR) is 229 cm³/mol. The molecule has 0 aromatic heterocycles. The van der Waals surface area contributed by atoms with Gasteiger partial charge in [0.05, 0.1) is 0 Å². The van der Waals surface area contributed by atoms with Crippen molar-refractivity contribution < 1.29 is 28.6 Å². The molecule has 0 aliphatic heterocycles. The third kappa shape index (κ3) is 41.1. The zero-order chi connectivity index (χ0) is 39.4. The number of ether oxygens (including phenoxy) is 3. The summed E-state index contributed by atoms with van der Waals surface area (Å²) in [5, 5.41) is 0. The van der Waals surface area contributed by atoms with Gasteiger partial charge < -0.3 is 14.2 Å². The molecular formula is C48H88O6. The normalized spacial score (nSPS) is 12.1. The fourth-order valence-corrected chi connectivity index (χ4v) is 6.61. The molecule has 0 bridgehead atoms. The lowest BCUT2D eigenvalue weighted by Crippen LogP contribution is -2.30. The Hall–Kier alpha value is -2.11. The molecule has 0 aliphatic rings. The van der Waals surface area contributed by atoms with Gasteiger partial charge in [0.15, 0.2) is 6.10 Å². The van der Waals surface area contributed by atoms with E-state index in [1.807, 2.05) is 0 Å². The zero-order valence-electron chi connectivity index (χ0n) is 36.0. The predicted octanol–water partition coefficient (Wildman–Crippen LogP) is 14.8. The number of unbranched alkanes of at least 4 members (excludes halogenated alkanes) is 27. The van der Waals surface area contributed by atoms with Crippen LogP contribution < -0.4 is 0 Å². The zero-order valence-corrected chi connectivity index (χ0v) is 36.0. The smallest absolute Gasteiger partial charge is 0.306 e. The molecule has 0 aliphatic carbocycles. The van der Waals surface area contributed by atoms with Crippen molar-refractivity contribution in [2.45, 2.75) is 252 Å². The van der Waals surface area contributed by atoms with Gasteiger partial charge in [0.1, 0.15) is 13.2 Å². The first-order chi connectivity index (χ1) is 26.5. The first-order valence-electron chi connectivity index (χ1n) is 23.3. The van der Waals surface area contributed by atoms with Crippen LogP contribution in [0.2, 0.25) is 0 Å². The summed E-state index contributed by atoms with van der Waals surface area (Å²) in [4.78, 5) is 37.7. The van der Waals surface area contributed by atoms with Crippen LogP contribution in [0.15, 0.2) is 24.3 Å². The highest BCUT2D eigenvalue weighted by Crippen LogP contribution is 2.14. The number of allylic oxidation sites excluding steroid dienone is 4. The van der Waals surface area contributed by atoms with Crippen LogP contribution in [0.3, 0.4) is 0 Å². The largest absolute Gasteiger partial charge is 0.462 e. The minimum absolute atomic E-state index is 0.0765. The van der Waals surface area contributed by atoms with E-state index in [0.717, 1.165) is 83.5 Å². The number of hydrogen-bond donors (Lipinski definition) is 0. The van der Waals surface area contributed by atoms with Gasteiger partial charge in [0, 0.05) is 19.3 Å². The van der Waals surface area contributed by atoms with Gasteiger partial charge in [-0.15, -0.1) is 0 Å². The molecule has 1 unspecified atom stereocenters. The van der Waals surface area contributed by atoms with Crippen molar-refractivity contribution in [2.24, 2.45) is 0 Å². The van der Waals surface area contributed by atoms with Gasteiger partial charge in [-0.25, -0.2) is 0 Å². The van der Waals surface area contributed by atoms with Crippen LogP contribution in [-0.2, 0) is 28.6 Å². The second kappa shape index (κ2) is 43.6. The van der Waals surface area contributed by atoms with Crippen LogP contribution >= 0.6 is 0 Å². The Morgan fingerprint density at radius 2 is 0.611 bits per heavy atom. The molecule has 6 heteroatoms. The molecule has 0 rings (SSSR count). The summed E-state index contributed by atoms with van der Waals surface area (Å²) >= 11 is 0. The first kappa shape index (κ1) is 51.9. The van der Waals surface area contributed by atoms with Gasteiger partial charge in [0.2, 0.25) is 0 Å². The highest BCUT2D eigenvalue weighted by Gasteiger charge is 2.19. The van der Waals surface area contributed by atoms with Gasteiger partial charge in [-0.2, -0.15) is 0 Å². The van der Waals surface area contributed by atoms with E-state index in [0.29, 0.717) is 19.3 Å². The SMILES string of the molecule is CCCCC/C=C\CCCCCCCC(=O)OC(COC(=O)CCCCC/C=C\CCCCCCCC)COC(=O)CCCCCCCCCCCCC. The summed E-state index contributed by atoms with van der Waals surface area (Å²) in [5.74, 6) is -0.898. The molecule has 6 nitrogen and oxygen atoms in total. The van der Waals surface area contributed by atoms with Crippen molar-refractivity contribution in [3.63, 3.8) is 0 Å². The van der Waals surface area contributed by atoms with Crippen LogP contribution in [0.4, 0.5) is 0 Å². The van der Waals surface area contributed by atoms with E-state index in [2.05, 4.69) is 45.1 Å². The van der Waals surface area contributed by atoms with Gasteiger partial charge in [0.25, 0.3) is 0 Å². The monoisotopic (exact) mass is 761 g/mol. The second-order valence-corrected chi connectivity index (χ2v) is 15.7. The van der Waals surface area contributed by atoms with Crippen molar-refractivity contribution in [1.82, 2.24) is 0 Å². The Labute approximate surface area is 334 Å². The Morgan fingerprint density at radius 3 is 0.981 bits per heavy atom.